The van der Waals surface area contributed by atoms with Crippen molar-refractivity contribution in [2.45, 2.75) is 6.61 Å². The first-order chi connectivity index (χ1) is 15.9. The van der Waals surface area contributed by atoms with Crippen LogP contribution in [0.2, 0.25) is 0 Å². The molecule has 0 aromatic heterocycles. The molecular weight excluding hydrogens is 443 g/mol. The highest BCUT2D eigenvalue weighted by atomic mass is 32.2. The van der Waals surface area contributed by atoms with Gasteiger partial charge in [-0.25, -0.2) is 14.2 Å². The maximum absolute atomic E-state index is 13.0. The van der Waals surface area contributed by atoms with Gasteiger partial charge in [0.25, 0.3) is 5.91 Å². The Balaban J connectivity index is 1.45. The average Bonchev–Trinajstić information content (AvgIpc) is 3.07. The van der Waals surface area contributed by atoms with E-state index < -0.39 is 5.97 Å². The molecule has 33 heavy (non-hydrogen) atoms. The van der Waals surface area contributed by atoms with Crippen LogP contribution in [0.25, 0.3) is 6.08 Å². The van der Waals surface area contributed by atoms with E-state index in [-0.39, 0.29) is 17.3 Å². The van der Waals surface area contributed by atoms with E-state index in [9.17, 15) is 14.0 Å². The molecule has 3 aromatic carbocycles. The van der Waals surface area contributed by atoms with Crippen LogP contribution < -0.4 is 4.74 Å². The third-order valence-corrected chi connectivity index (χ3v) is 5.88. The van der Waals surface area contributed by atoms with Gasteiger partial charge in [-0.2, -0.15) is 0 Å². The van der Waals surface area contributed by atoms with Crippen LogP contribution in [0.1, 0.15) is 21.5 Å². The predicted molar refractivity (Wildman–Crippen MR) is 126 cm³/mol. The Labute approximate surface area is 194 Å². The van der Waals surface area contributed by atoms with Crippen molar-refractivity contribution in [2.75, 3.05) is 7.05 Å². The van der Waals surface area contributed by atoms with Crippen LogP contribution in [0.5, 0.6) is 5.75 Å². The van der Waals surface area contributed by atoms with E-state index in [1.165, 1.54) is 40.9 Å². The summed E-state index contributed by atoms with van der Waals surface area (Å²) < 4.78 is 18.7. The zero-order chi connectivity index (χ0) is 23.4. The smallest absolute Gasteiger partial charge is 0.335 e. The Morgan fingerprint density at radius 3 is 2.55 bits per heavy atom. The zero-order valence-corrected chi connectivity index (χ0v) is 18.4. The van der Waals surface area contributed by atoms with Crippen LogP contribution in [-0.2, 0) is 11.4 Å². The summed E-state index contributed by atoms with van der Waals surface area (Å²) in [6.45, 7) is 0.322. The first-order valence-corrected chi connectivity index (χ1v) is 10.8. The van der Waals surface area contributed by atoms with Crippen molar-refractivity contribution in [1.29, 1.82) is 0 Å². The summed E-state index contributed by atoms with van der Waals surface area (Å²) in [5.74, 6) is -0.858. The van der Waals surface area contributed by atoms with E-state index in [1.54, 1.807) is 49.5 Å². The number of amides is 1. The largest absolute Gasteiger partial charge is 0.489 e. The molecule has 0 unspecified atom stereocenters. The number of carboxylic acid groups (broad SMARTS) is 1. The van der Waals surface area contributed by atoms with Gasteiger partial charge in [-0.15, -0.1) is 0 Å². The summed E-state index contributed by atoms with van der Waals surface area (Å²) in [4.78, 5) is 30.2. The number of amidine groups is 1. The maximum atomic E-state index is 13.0. The minimum Gasteiger partial charge on any atom is -0.489 e. The Morgan fingerprint density at radius 2 is 1.85 bits per heavy atom. The maximum Gasteiger partial charge on any atom is 0.335 e. The Morgan fingerprint density at radius 1 is 1.12 bits per heavy atom. The first-order valence-electron chi connectivity index (χ1n) is 9.96. The van der Waals surface area contributed by atoms with Gasteiger partial charge in [0, 0.05) is 7.05 Å². The Bertz CT molecular complexity index is 1250. The average molecular weight is 463 g/mol. The molecule has 6 nitrogen and oxygen atoms in total. The van der Waals surface area contributed by atoms with Gasteiger partial charge in [0.2, 0.25) is 0 Å². The molecule has 166 valence electrons. The van der Waals surface area contributed by atoms with Crippen molar-refractivity contribution in [3.8, 4) is 5.75 Å². The van der Waals surface area contributed by atoms with Crippen LogP contribution >= 0.6 is 11.8 Å². The molecule has 1 fully saturated rings. The van der Waals surface area contributed by atoms with E-state index in [1.807, 2.05) is 12.1 Å². The number of halogens is 1. The summed E-state index contributed by atoms with van der Waals surface area (Å²) in [7, 11) is 1.63. The number of benzene rings is 3. The lowest BCUT2D eigenvalue weighted by Crippen LogP contribution is -2.23. The first kappa shape index (κ1) is 22.3. The van der Waals surface area contributed by atoms with Gasteiger partial charge < -0.3 is 9.84 Å². The number of rotatable bonds is 6. The van der Waals surface area contributed by atoms with Gasteiger partial charge in [-0.05, 0) is 71.4 Å². The summed E-state index contributed by atoms with van der Waals surface area (Å²) in [5, 5.41) is 9.61. The van der Waals surface area contributed by atoms with Gasteiger partial charge in [-0.1, -0.05) is 30.3 Å². The van der Waals surface area contributed by atoms with Crippen molar-refractivity contribution < 1.29 is 23.8 Å². The molecule has 0 atom stereocenters. The number of ether oxygens (including phenoxy) is 1. The van der Waals surface area contributed by atoms with Crippen molar-refractivity contribution in [2.24, 2.45) is 4.99 Å². The van der Waals surface area contributed by atoms with E-state index in [2.05, 4.69) is 4.99 Å². The monoisotopic (exact) mass is 462 g/mol. The molecule has 1 N–H and O–H groups in total. The fourth-order valence-electron chi connectivity index (χ4n) is 3.03. The highest BCUT2D eigenvalue weighted by Gasteiger charge is 2.30. The lowest BCUT2D eigenvalue weighted by atomic mass is 10.2. The van der Waals surface area contributed by atoms with Gasteiger partial charge in [-0.3, -0.25) is 9.69 Å². The van der Waals surface area contributed by atoms with Gasteiger partial charge in [0.15, 0.2) is 5.17 Å². The molecule has 0 spiro atoms. The quantitative estimate of drug-likeness (QED) is 0.501. The second-order valence-corrected chi connectivity index (χ2v) is 8.22. The fourth-order valence-corrected chi connectivity index (χ4v) is 4.02. The van der Waals surface area contributed by atoms with Crippen LogP contribution in [-0.4, -0.2) is 34.1 Å². The number of hydrogen-bond acceptors (Lipinski definition) is 5. The highest BCUT2D eigenvalue weighted by Crippen LogP contribution is 2.33. The minimum atomic E-state index is -1.04. The molecule has 1 amide bonds. The molecule has 1 heterocycles. The summed E-state index contributed by atoms with van der Waals surface area (Å²) in [5.41, 5.74) is 2.27. The number of thioether (sulfide) groups is 1. The number of hydrogen-bond donors (Lipinski definition) is 1. The molecule has 0 saturated carbocycles. The standard InChI is InChI=1S/C25H19FN2O4S/c1-28-23(29)22(33-25(28)27-20-4-2-3-18(14-20)24(30)31)13-16-7-11-21(12-8-16)32-15-17-5-9-19(26)10-6-17/h2-14H,15H2,1H3,(H,30,31)/b22-13-,27-25?. The Kier molecular flexibility index (Phi) is 6.55. The number of likely N-dealkylation sites (N-methyl/N-ethyl adjacent to an activating group) is 1. The molecule has 1 saturated heterocycles. The number of carbonyl (C=O) groups is 2. The number of nitrogens with zero attached hydrogens (tertiary/aromatic N) is 2. The molecular formula is C25H19FN2O4S. The zero-order valence-electron chi connectivity index (χ0n) is 17.6. The second kappa shape index (κ2) is 9.70. The molecule has 8 heteroatoms. The van der Waals surface area contributed by atoms with Crippen LogP contribution in [0.4, 0.5) is 10.1 Å². The lowest BCUT2D eigenvalue weighted by molar-refractivity contribution is -0.121. The normalized spacial score (nSPS) is 15.9. The number of carbonyl (C=O) groups excluding carboxylic acids is 1. The van der Waals surface area contributed by atoms with Crippen molar-refractivity contribution in [1.82, 2.24) is 4.90 Å². The minimum absolute atomic E-state index is 0.131. The lowest BCUT2D eigenvalue weighted by Gasteiger charge is -2.07. The van der Waals surface area contributed by atoms with Crippen LogP contribution in [0.15, 0.2) is 82.7 Å². The van der Waals surface area contributed by atoms with Crippen LogP contribution in [0, 0.1) is 5.82 Å². The summed E-state index contributed by atoms with van der Waals surface area (Å²) >= 11 is 1.22. The molecule has 1 aliphatic rings. The molecule has 1 aliphatic heterocycles. The van der Waals surface area contributed by atoms with Crippen molar-refractivity contribution >= 4 is 40.6 Å². The number of carboxylic acids is 1. The van der Waals surface area contributed by atoms with Gasteiger partial charge >= 0.3 is 5.97 Å². The molecule has 0 bridgehead atoms. The summed E-state index contributed by atoms with van der Waals surface area (Å²) in [6.07, 6.45) is 1.77. The summed E-state index contributed by atoms with van der Waals surface area (Å²) in [6, 6.07) is 19.6. The second-order valence-electron chi connectivity index (χ2n) is 7.21. The third-order valence-electron chi connectivity index (χ3n) is 4.82. The SMILES string of the molecule is CN1C(=O)/C(=C/c2ccc(OCc3ccc(F)cc3)cc2)SC1=Nc1cccc(C(=O)O)c1. The van der Waals surface area contributed by atoms with Crippen molar-refractivity contribution in [3.05, 3.63) is 100 Å². The number of aromatic carboxylic acids is 1. The molecule has 3 aromatic rings. The van der Waals surface area contributed by atoms with Crippen molar-refractivity contribution in [3.63, 3.8) is 0 Å². The van der Waals surface area contributed by atoms with E-state index >= 15 is 0 Å². The van der Waals surface area contributed by atoms with E-state index in [0.717, 1.165) is 11.1 Å². The Hall–Kier alpha value is -3.91. The predicted octanol–water partition coefficient (Wildman–Crippen LogP) is 5.34. The van der Waals surface area contributed by atoms with E-state index in [4.69, 9.17) is 9.84 Å². The number of aliphatic imine (C=N–C) groups is 1. The highest BCUT2D eigenvalue weighted by molar-refractivity contribution is 8.18. The topological polar surface area (TPSA) is 79.2 Å². The molecule has 0 aliphatic carbocycles. The van der Waals surface area contributed by atoms with Crippen LogP contribution in [0.3, 0.4) is 0 Å². The van der Waals surface area contributed by atoms with Gasteiger partial charge in [0.1, 0.15) is 18.2 Å². The van der Waals surface area contributed by atoms with Gasteiger partial charge in [0.05, 0.1) is 16.2 Å². The molecule has 4 rings (SSSR count). The fraction of sp³-hybridized carbons (Fsp3) is 0.0800. The third kappa shape index (κ3) is 5.48. The molecule has 0 radical (unpaired) electrons. The van der Waals surface area contributed by atoms with E-state index in [0.29, 0.717) is 28.1 Å².